The number of hydrogen-bond acceptors (Lipinski definition) is 4. The molecule has 0 fully saturated rings. The average Bonchev–Trinajstić information content (AvgIpc) is 2.94. The van der Waals surface area contributed by atoms with Crippen molar-refractivity contribution < 1.29 is 30.5 Å². The molecule has 2 rings (SSSR count). The zero-order chi connectivity index (χ0) is 29.8. The van der Waals surface area contributed by atoms with Crippen LogP contribution in [0, 0.1) is 0 Å². The largest absolute Gasteiger partial charge is 0.523 e. The lowest BCUT2D eigenvalue weighted by atomic mass is 10.0. The lowest BCUT2D eigenvalue weighted by Crippen LogP contribution is -2.28. The van der Waals surface area contributed by atoms with E-state index in [2.05, 4.69) is 11.1 Å². The summed E-state index contributed by atoms with van der Waals surface area (Å²) in [7, 11) is -5.75. The summed E-state index contributed by atoms with van der Waals surface area (Å²) in [5, 5.41) is 0. The fourth-order valence-electron chi connectivity index (χ4n) is 4.86. The zero-order valence-corrected chi connectivity index (χ0v) is 25.5. The number of hydrogen-bond donors (Lipinski definition) is 0. The lowest BCUT2D eigenvalue weighted by Gasteiger charge is -2.19. The molecule has 0 amide bonds. The summed E-state index contributed by atoms with van der Waals surface area (Å²) < 4.78 is 72.8. The van der Waals surface area contributed by atoms with E-state index in [-0.39, 0.29) is 6.42 Å². The molecule has 0 N–H and O–H groups in total. The van der Waals surface area contributed by atoms with Gasteiger partial charge in [0.1, 0.15) is 11.9 Å². The minimum atomic E-state index is -5.75. The van der Waals surface area contributed by atoms with Gasteiger partial charge in [-0.15, -0.1) is 0 Å². The zero-order valence-electron chi connectivity index (χ0n) is 24.7. The van der Waals surface area contributed by atoms with Crippen LogP contribution < -0.4 is 4.74 Å². The molecular formula is C33H49F3O4S. The van der Waals surface area contributed by atoms with Crippen LogP contribution in [0.15, 0.2) is 54.6 Å². The monoisotopic (exact) mass is 598 g/mol. The molecule has 0 radical (unpaired) electrons. The summed E-state index contributed by atoms with van der Waals surface area (Å²) in [6, 6.07) is 15.1. The third-order valence-electron chi connectivity index (χ3n) is 7.31. The standard InChI is InChI=1S/C33H49F3O4S/c1-2-3-4-5-6-7-8-9-10-11-12-13-14-15-16-20-27-39-31-25-23-30(24-26-31)32(28-29-21-18-17-19-22-29)40-41(37,38)33(34,35)36/h17-19,21-26,32H,2-16,20,27-28H2,1H3. The van der Waals surface area contributed by atoms with E-state index >= 15 is 0 Å². The van der Waals surface area contributed by atoms with Crippen molar-refractivity contribution in [3.63, 3.8) is 0 Å². The normalized spacial score (nSPS) is 12.9. The fourth-order valence-corrected chi connectivity index (χ4v) is 5.46. The van der Waals surface area contributed by atoms with E-state index in [9.17, 15) is 21.6 Å². The van der Waals surface area contributed by atoms with Crippen molar-refractivity contribution in [2.45, 2.75) is 128 Å². The Bertz CT molecular complexity index is 1020. The van der Waals surface area contributed by atoms with E-state index in [1.165, 1.54) is 89.9 Å². The first kappa shape index (κ1) is 35.1. The highest BCUT2D eigenvalue weighted by Gasteiger charge is 2.48. The molecule has 1 unspecified atom stereocenters. The number of rotatable bonds is 23. The Morgan fingerprint density at radius 3 is 1.59 bits per heavy atom. The van der Waals surface area contributed by atoms with Crippen molar-refractivity contribution in [2.75, 3.05) is 6.61 Å². The molecule has 0 aliphatic rings. The first-order valence-electron chi connectivity index (χ1n) is 15.5. The Kier molecular flexibility index (Phi) is 17.1. The van der Waals surface area contributed by atoms with Gasteiger partial charge in [-0.1, -0.05) is 146 Å². The second-order valence-electron chi connectivity index (χ2n) is 10.9. The van der Waals surface area contributed by atoms with E-state index in [4.69, 9.17) is 4.74 Å². The van der Waals surface area contributed by atoms with Gasteiger partial charge in [0, 0.05) is 6.42 Å². The Morgan fingerprint density at radius 2 is 1.12 bits per heavy atom. The molecule has 41 heavy (non-hydrogen) atoms. The van der Waals surface area contributed by atoms with Crippen LogP contribution in [0.4, 0.5) is 13.2 Å². The molecule has 2 aromatic carbocycles. The predicted molar refractivity (Wildman–Crippen MR) is 160 cm³/mol. The molecule has 0 saturated heterocycles. The van der Waals surface area contributed by atoms with Crippen molar-refractivity contribution in [3.8, 4) is 5.75 Å². The summed E-state index contributed by atoms with van der Waals surface area (Å²) >= 11 is 0. The molecule has 8 heteroatoms. The van der Waals surface area contributed by atoms with Crippen LogP contribution in [0.5, 0.6) is 5.75 Å². The molecule has 0 bridgehead atoms. The average molecular weight is 599 g/mol. The van der Waals surface area contributed by atoms with Crippen molar-refractivity contribution in [1.82, 2.24) is 0 Å². The SMILES string of the molecule is CCCCCCCCCCCCCCCCCCOc1ccc(C(Cc2ccccc2)OS(=O)(=O)C(F)(F)F)cc1. The quantitative estimate of drug-likeness (QED) is 0.0725. The molecule has 0 aliphatic heterocycles. The molecule has 0 aromatic heterocycles. The Hall–Kier alpha value is -2.06. The maximum Gasteiger partial charge on any atom is 0.523 e. The number of ether oxygens (including phenoxy) is 1. The fraction of sp³-hybridized carbons (Fsp3) is 0.636. The third kappa shape index (κ3) is 15.1. The molecule has 2 aromatic rings. The number of halogens is 3. The molecule has 0 aliphatic carbocycles. The molecule has 1 atom stereocenters. The van der Waals surface area contributed by atoms with E-state index in [1.54, 1.807) is 54.6 Å². The van der Waals surface area contributed by atoms with Gasteiger partial charge in [-0.3, -0.25) is 4.18 Å². The van der Waals surface area contributed by atoms with Crippen LogP contribution in [0.25, 0.3) is 0 Å². The van der Waals surface area contributed by atoms with Crippen molar-refractivity contribution in [2.24, 2.45) is 0 Å². The topological polar surface area (TPSA) is 52.6 Å². The van der Waals surface area contributed by atoms with Crippen LogP contribution in [0.3, 0.4) is 0 Å². The molecule has 0 heterocycles. The summed E-state index contributed by atoms with van der Waals surface area (Å²) in [6.07, 6.45) is 19.5. The van der Waals surface area contributed by atoms with Crippen LogP contribution >= 0.6 is 0 Å². The third-order valence-corrected chi connectivity index (χ3v) is 8.36. The minimum absolute atomic E-state index is 0.0183. The summed E-state index contributed by atoms with van der Waals surface area (Å²) in [4.78, 5) is 0. The second kappa shape index (κ2) is 20.0. The van der Waals surface area contributed by atoms with E-state index in [0.717, 1.165) is 12.8 Å². The summed E-state index contributed by atoms with van der Waals surface area (Å²) in [5.74, 6) is 0.590. The van der Waals surface area contributed by atoms with Gasteiger partial charge in [-0.05, 0) is 29.7 Å². The first-order valence-corrected chi connectivity index (χ1v) is 16.9. The highest BCUT2D eigenvalue weighted by molar-refractivity contribution is 7.87. The van der Waals surface area contributed by atoms with E-state index in [0.29, 0.717) is 23.5 Å². The van der Waals surface area contributed by atoms with Crippen LogP contribution in [-0.4, -0.2) is 20.5 Å². The maximum absolute atomic E-state index is 13.0. The Morgan fingerprint density at radius 1 is 0.659 bits per heavy atom. The van der Waals surface area contributed by atoms with Gasteiger partial charge in [-0.2, -0.15) is 21.6 Å². The predicted octanol–water partition coefficient (Wildman–Crippen LogP) is 10.5. The van der Waals surface area contributed by atoms with E-state index in [1.807, 2.05) is 0 Å². The smallest absolute Gasteiger partial charge is 0.494 e. The molecule has 0 spiro atoms. The molecule has 232 valence electrons. The summed E-state index contributed by atoms with van der Waals surface area (Å²) in [6.45, 7) is 2.82. The van der Waals surface area contributed by atoms with Crippen molar-refractivity contribution >= 4 is 10.1 Å². The maximum atomic E-state index is 13.0. The van der Waals surface area contributed by atoms with Crippen LogP contribution in [0.1, 0.15) is 127 Å². The van der Waals surface area contributed by atoms with Gasteiger partial charge in [0.2, 0.25) is 0 Å². The van der Waals surface area contributed by atoms with Gasteiger partial charge in [0.15, 0.2) is 0 Å². The number of unbranched alkanes of at least 4 members (excludes halogenated alkanes) is 15. The van der Waals surface area contributed by atoms with Crippen LogP contribution in [-0.2, 0) is 20.7 Å². The Labute approximate surface area is 246 Å². The number of benzene rings is 2. The lowest BCUT2D eigenvalue weighted by molar-refractivity contribution is -0.0575. The molecular weight excluding hydrogens is 549 g/mol. The molecule has 0 saturated carbocycles. The highest BCUT2D eigenvalue weighted by atomic mass is 32.2. The second-order valence-corrected chi connectivity index (χ2v) is 12.5. The minimum Gasteiger partial charge on any atom is -0.494 e. The van der Waals surface area contributed by atoms with Crippen molar-refractivity contribution in [1.29, 1.82) is 0 Å². The molecule has 4 nitrogen and oxygen atoms in total. The van der Waals surface area contributed by atoms with Gasteiger partial charge in [-0.25, -0.2) is 0 Å². The van der Waals surface area contributed by atoms with Crippen LogP contribution in [0.2, 0.25) is 0 Å². The van der Waals surface area contributed by atoms with Gasteiger partial charge >= 0.3 is 15.6 Å². The van der Waals surface area contributed by atoms with Crippen molar-refractivity contribution in [3.05, 3.63) is 65.7 Å². The van der Waals surface area contributed by atoms with E-state index < -0.39 is 21.7 Å². The van der Waals surface area contributed by atoms with Gasteiger partial charge in [0.25, 0.3) is 0 Å². The highest BCUT2D eigenvalue weighted by Crippen LogP contribution is 2.33. The first-order chi connectivity index (χ1) is 19.7. The van der Waals surface area contributed by atoms with Gasteiger partial charge < -0.3 is 4.74 Å². The van der Waals surface area contributed by atoms with Gasteiger partial charge in [0.05, 0.1) is 6.61 Å². The Balaban J connectivity index is 1.62. The summed E-state index contributed by atoms with van der Waals surface area (Å²) in [5.41, 5.74) is -4.49. The number of alkyl halides is 3.